The van der Waals surface area contributed by atoms with E-state index in [1.807, 2.05) is 0 Å². The molecule has 0 bridgehead atoms. The Morgan fingerprint density at radius 2 is 1.75 bits per heavy atom. The molecule has 9 heteroatoms. The predicted octanol–water partition coefficient (Wildman–Crippen LogP) is 3.10. The van der Waals surface area contributed by atoms with Crippen molar-refractivity contribution < 1.29 is 37.7 Å². The fourth-order valence-electron chi connectivity index (χ4n) is 2.27. The summed E-state index contributed by atoms with van der Waals surface area (Å²) in [6.07, 6.45) is 1.49. The lowest BCUT2D eigenvalue weighted by atomic mass is 10.2. The van der Waals surface area contributed by atoms with Gasteiger partial charge in [-0.15, -0.1) is 0 Å². The first-order valence-electron chi connectivity index (χ1n) is 7.93. The Labute approximate surface area is 157 Å². The largest absolute Gasteiger partial charge is 0.482 e. The van der Waals surface area contributed by atoms with Crippen molar-refractivity contribution >= 4 is 23.9 Å². The number of nitrogens with zero attached hydrogens (tertiary/aromatic N) is 1. The average molecular weight is 389 g/mol. The van der Waals surface area contributed by atoms with Gasteiger partial charge in [-0.1, -0.05) is 12.1 Å². The molecule has 3 rings (SSSR count). The number of alkyl halides is 2. The van der Waals surface area contributed by atoms with E-state index in [1.54, 1.807) is 24.3 Å². The number of hydrogen-bond donors (Lipinski definition) is 1. The molecule has 0 aromatic heterocycles. The van der Waals surface area contributed by atoms with E-state index >= 15 is 0 Å². The molecule has 0 fully saturated rings. The Morgan fingerprint density at radius 1 is 1.11 bits per heavy atom. The maximum Gasteiger partial charge on any atom is 0.387 e. The van der Waals surface area contributed by atoms with Crippen molar-refractivity contribution in [2.24, 2.45) is 4.99 Å². The van der Waals surface area contributed by atoms with Gasteiger partial charge in [0, 0.05) is 5.56 Å². The standard InChI is InChI=1S/C19H13F2NO6/c20-19(21)27-14-7-3-12(4-8-14)17-22-15(18(25)28-17)9-11-1-5-13(6-2-11)26-10-16(23)24/h1-9,19H,10H2,(H,23,24)/b15-9+. The van der Waals surface area contributed by atoms with Crippen LogP contribution in [-0.2, 0) is 14.3 Å². The molecule has 0 radical (unpaired) electrons. The second kappa shape index (κ2) is 8.30. The number of carbonyl (C=O) groups excluding carboxylic acids is 1. The predicted molar refractivity (Wildman–Crippen MR) is 93.3 cm³/mol. The summed E-state index contributed by atoms with van der Waals surface area (Å²) in [7, 11) is 0. The Kier molecular flexibility index (Phi) is 5.64. The zero-order valence-electron chi connectivity index (χ0n) is 14.2. The highest BCUT2D eigenvalue weighted by atomic mass is 19.3. The van der Waals surface area contributed by atoms with Gasteiger partial charge in [0.05, 0.1) is 0 Å². The summed E-state index contributed by atoms with van der Waals surface area (Å²) in [6.45, 7) is -3.38. The third-order valence-electron chi connectivity index (χ3n) is 3.49. The normalized spacial score (nSPS) is 14.8. The Balaban J connectivity index is 1.73. The maximum absolute atomic E-state index is 12.2. The monoisotopic (exact) mass is 389 g/mol. The molecule has 1 N–H and O–H groups in total. The molecule has 1 aliphatic rings. The number of esters is 1. The topological polar surface area (TPSA) is 94.4 Å². The lowest BCUT2D eigenvalue weighted by molar-refractivity contribution is -0.139. The van der Waals surface area contributed by atoms with Crippen molar-refractivity contribution in [1.82, 2.24) is 0 Å². The third kappa shape index (κ3) is 4.91. The van der Waals surface area contributed by atoms with Gasteiger partial charge >= 0.3 is 18.6 Å². The Hall–Kier alpha value is -3.75. The van der Waals surface area contributed by atoms with Crippen molar-refractivity contribution in [3.05, 3.63) is 65.4 Å². The van der Waals surface area contributed by atoms with E-state index in [9.17, 15) is 18.4 Å². The van der Waals surface area contributed by atoms with Gasteiger partial charge in [-0.25, -0.2) is 14.6 Å². The number of carboxylic acids is 1. The smallest absolute Gasteiger partial charge is 0.387 e. The summed E-state index contributed by atoms with van der Waals surface area (Å²) in [5.41, 5.74) is 1.11. The fraction of sp³-hybridized carbons (Fsp3) is 0.105. The molecule has 0 saturated heterocycles. The van der Waals surface area contributed by atoms with Crippen LogP contribution in [0.4, 0.5) is 8.78 Å². The number of ether oxygens (including phenoxy) is 3. The number of aliphatic carboxylic acids is 1. The summed E-state index contributed by atoms with van der Waals surface area (Å²) < 4.78 is 38.7. The number of carboxylic acid groups (broad SMARTS) is 1. The second-order valence-electron chi connectivity index (χ2n) is 5.49. The van der Waals surface area contributed by atoms with Gasteiger partial charge in [-0.2, -0.15) is 8.78 Å². The highest BCUT2D eigenvalue weighted by Crippen LogP contribution is 2.22. The van der Waals surface area contributed by atoms with Gasteiger partial charge in [-0.3, -0.25) is 0 Å². The highest BCUT2D eigenvalue weighted by Gasteiger charge is 2.24. The summed E-state index contributed by atoms with van der Waals surface area (Å²) in [5.74, 6) is -1.36. The molecule has 0 saturated carbocycles. The van der Waals surface area contributed by atoms with Gasteiger partial charge in [-0.05, 0) is 48.0 Å². The molecular weight excluding hydrogens is 376 g/mol. The van der Waals surface area contributed by atoms with Crippen molar-refractivity contribution in [2.45, 2.75) is 6.61 Å². The molecule has 7 nitrogen and oxygen atoms in total. The molecule has 1 heterocycles. The van der Waals surface area contributed by atoms with Crippen molar-refractivity contribution in [2.75, 3.05) is 6.61 Å². The number of hydrogen-bond acceptors (Lipinski definition) is 6. The molecule has 0 spiro atoms. The second-order valence-corrected chi connectivity index (χ2v) is 5.49. The Morgan fingerprint density at radius 3 is 2.36 bits per heavy atom. The molecular formula is C19H13F2NO6. The van der Waals surface area contributed by atoms with Crippen molar-refractivity contribution in [3.63, 3.8) is 0 Å². The molecule has 144 valence electrons. The van der Waals surface area contributed by atoms with E-state index in [4.69, 9.17) is 14.6 Å². The molecule has 0 aliphatic carbocycles. The van der Waals surface area contributed by atoms with Crippen LogP contribution in [0.1, 0.15) is 11.1 Å². The van der Waals surface area contributed by atoms with Gasteiger partial charge in [0.2, 0.25) is 5.90 Å². The van der Waals surface area contributed by atoms with Crippen LogP contribution in [0, 0.1) is 0 Å². The first-order valence-corrected chi connectivity index (χ1v) is 7.93. The Bertz CT molecular complexity index is 936. The van der Waals surface area contributed by atoms with Crippen LogP contribution < -0.4 is 9.47 Å². The third-order valence-corrected chi connectivity index (χ3v) is 3.49. The van der Waals surface area contributed by atoms with Gasteiger partial charge in [0.1, 0.15) is 11.5 Å². The van der Waals surface area contributed by atoms with E-state index in [2.05, 4.69) is 9.73 Å². The minimum Gasteiger partial charge on any atom is -0.482 e. The van der Waals surface area contributed by atoms with E-state index in [0.29, 0.717) is 16.9 Å². The van der Waals surface area contributed by atoms with E-state index < -0.39 is 25.2 Å². The van der Waals surface area contributed by atoms with Crippen LogP contribution >= 0.6 is 0 Å². The average Bonchev–Trinajstić information content (AvgIpc) is 3.02. The van der Waals surface area contributed by atoms with Crippen LogP contribution in [0.15, 0.2) is 59.2 Å². The first-order chi connectivity index (χ1) is 13.4. The minimum absolute atomic E-state index is 0.0235. The molecule has 2 aromatic carbocycles. The summed E-state index contributed by atoms with van der Waals surface area (Å²) in [6, 6.07) is 11.9. The lowest BCUT2D eigenvalue weighted by Crippen LogP contribution is -2.09. The lowest BCUT2D eigenvalue weighted by Gasteiger charge is -2.04. The number of halogens is 2. The van der Waals surface area contributed by atoms with Crippen molar-refractivity contribution in [3.8, 4) is 11.5 Å². The van der Waals surface area contributed by atoms with Crippen LogP contribution in [0.3, 0.4) is 0 Å². The zero-order chi connectivity index (χ0) is 20.1. The zero-order valence-corrected chi connectivity index (χ0v) is 14.2. The first kappa shape index (κ1) is 19.0. The van der Waals surface area contributed by atoms with Crippen LogP contribution in [0.2, 0.25) is 0 Å². The number of rotatable bonds is 7. The molecule has 0 amide bonds. The summed E-state index contributed by atoms with van der Waals surface area (Å²) in [5, 5.41) is 8.58. The number of aliphatic imine (C=N–C) groups is 1. The molecule has 0 unspecified atom stereocenters. The molecule has 0 atom stereocenters. The SMILES string of the molecule is O=C(O)COc1ccc(/C=C2/N=C(c3ccc(OC(F)F)cc3)OC2=O)cc1. The quantitative estimate of drug-likeness (QED) is 0.578. The van der Waals surface area contributed by atoms with Crippen LogP contribution in [-0.4, -0.2) is 36.2 Å². The van der Waals surface area contributed by atoms with Gasteiger partial charge in [0.15, 0.2) is 12.3 Å². The number of benzene rings is 2. The molecule has 1 aliphatic heterocycles. The minimum atomic E-state index is -2.93. The number of cyclic esters (lactones) is 1. The highest BCUT2D eigenvalue weighted by molar-refractivity contribution is 6.12. The summed E-state index contributed by atoms with van der Waals surface area (Å²) in [4.78, 5) is 26.6. The van der Waals surface area contributed by atoms with Gasteiger partial charge in [0.25, 0.3) is 0 Å². The molecule has 28 heavy (non-hydrogen) atoms. The van der Waals surface area contributed by atoms with E-state index in [0.717, 1.165) is 0 Å². The van der Waals surface area contributed by atoms with Gasteiger partial charge < -0.3 is 19.3 Å². The summed E-state index contributed by atoms with van der Waals surface area (Å²) >= 11 is 0. The maximum atomic E-state index is 12.2. The van der Waals surface area contributed by atoms with Crippen LogP contribution in [0.5, 0.6) is 11.5 Å². The van der Waals surface area contributed by atoms with E-state index in [-0.39, 0.29) is 17.3 Å². The van der Waals surface area contributed by atoms with Crippen molar-refractivity contribution in [1.29, 1.82) is 0 Å². The van der Waals surface area contributed by atoms with E-state index in [1.165, 1.54) is 30.3 Å². The fourth-order valence-corrected chi connectivity index (χ4v) is 2.27. The molecule has 2 aromatic rings. The number of carbonyl (C=O) groups is 2. The van der Waals surface area contributed by atoms with Crippen LogP contribution in [0.25, 0.3) is 6.08 Å².